The standard InChI is InChI=1S/C16H25NO6S/c1-5-22-13-8-7-12(11-14(13)23-6-2)24(20,21)17-16(3,4)10-9-15(18)19/h7-8,11,17H,5-6,9-10H2,1-4H3,(H,18,19). The molecule has 0 spiro atoms. The predicted octanol–water partition coefficient (Wildman–Crippen LogP) is 2.41. The lowest BCUT2D eigenvalue weighted by molar-refractivity contribution is -0.137. The van der Waals surface area contributed by atoms with Gasteiger partial charge in [0.25, 0.3) is 0 Å². The van der Waals surface area contributed by atoms with Crippen molar-refractivity contribution in [2.45, 2.75) is 51.0 Å². The molecule has 7 nitrogen and oxygen atoms in total. The monoisotopic (exact) mass is 359 g/mol. The summed E-state index contributed by atoms with van der Waals surface area (Å²) in [6, 6.07) is 4.39. The lowest BCUT2D eigenvalue weighted by Gasteiger charge is -2.25. The third-order valence-electron chi connectivity index (χ3n) is 3.20. The second kappa shape index (κ2) is 8.34. The number of aliphatic carboxylic acids is 1. The van der Waals surface area contributed by atoms with Crippen LogP contribution in [-0.2, 0) is 14.8 Å². The van der Waals surface area contributed by atoms with E-state index >= 15 is 0 Å². The number of carboxylic acids is 1. The minimum atomic E-state index is -3.82. The van der Waals surface area contributed by atoms with Crippen LogP contribution in [0.2, 0.25) is 0 Å². The Bertz CT molecular complexity index is 669. The quantitative estimate of drug-likeness (QED) is 0.665. The van der Waals surface area contributed by atoms with Crippen molar-refractivity contribution in [3.05, 3.63) is 18.2 Å². The van der Waals surface area contributed by atoms with Crippen molar-refractivity contribution in [1.82, 2.24) is 4.72 Å². The summed E-state index contributed by atoms with van der Waals surface area (Å²) >= 11 is 0. The van der Waals surface area contributed by atoms with Crippen LogP contribution in [-0.4, -0.2) is 38.2 Å². The first-order valence-electron chi connectivity index (χ1n) is 7.76. The zero-order valence-electron chi connectivity index (χ0n) is 14.5. The number of carboxylic acid groups (broad SMARTS) is 1. The van der Waals surface area contributed by atoms with Gasteiger partial charge in [-0.1, -0.05) is 0 Å². The van der Waals surface area contributed by atoms with Gasteiger partial charge in [-0.05, 0) is 46.2 Å². The third-order valence-corrected chi connectivity index (χ3v) is 4.90. The van der Waals surface area contributed by atoms with Crippen molar-refractivity contribution in [2.75, 3.05) is 13.2 Å². The summed E-state index contributed by atoms with van der Waals surface area (Å²) < 4.78 is 38.5. The van der Waals surface area contributed by atoms with Gasteiger partial charge in [0.2, 0.25) is 10.0 Å². The molecule has 1 aromatic carbocycles. The average Bonchev–Trinajstić information content (AvgIpc) is 2.46. The number of hydrogen-bond acceptors (Lipinski definition) is 5. The molecule has 0 fully saturated rings. The minimum Gasteiger partial charge on any atom is -0.490 e. The number of benzene rings is 1. The van der Waals surface area contributed by atoms with E-state index in [1.165, 1.54) is 12.1 Å². The molecule has 0 saturated heterocycles. The van der Waals surface area contributed by atoms with Gasteiger partial charge in [-0.3, -0.25) is 4.79 Å². The van der Waals surface area contributed by atoms with E-state index in [1.807, 2.05) is 6.92 Å². The zero-order valence-corrected chi connectivity index (χ0v) is 15.3. The van der Waals surface area contributed by atoms with E-state index in [0.29, 0.717) is 24.7 Å². The summed E-state index contributed by atoms with van der Waals surface area (Å²) in [5.74, 6) is -0.143. The Hall–Kier alpha value is -1.80. The molecule has 2 N–H and O–H groups in total. The van der Waals surface area contributed by atoms with Crippen LogP contribution in [0.1, 0.15) is 40.5 Å². The fourth-order valence-corrected chi connectivity index (χ4v) is 3.55. The molecule has 8 heteroatoms. The Morgan fingerprint density at radius 3 is 2.29 bits per heavy atom. The number of hydrogen-bond donors (Lipinski definition) is 2. The van der Waals surface area contributed by atoms with Crippen molar-refractivity contribution >= 4 is 16.0 Å². The van der Waals surface area contributed by atoms with Crippen LogP contribution in [0.5, 0.6) is 11.5 Å². The molecule has 136 valence electrons. The number of ether oxygens (including phenoxy) is 2. The Labute approximate surface area is 143 Å². The van der Waals surface area contributed by atoms with Crippen LogP contribution in [0.4, 0.5) is 0 Å². The van der Waals surface area contributed by atoms with Gasteiger partial charge in [0.1, 0.15) is 0 Å². The van der Waals surface area contributed by atoms with Gasteiger partial charge < -0.3 is 14.6 Å². The summed E-state index contributed by atoms with van der Waals surface area (Å²) in [5, 5.41) is 8.76. The highest BCUT2D eigenvalue weighted by Gasteiger charge is 2.27. The topological polar surface area (TPSA) is 102 Å². The summed E-state index contributed by atoms with van der Waals surface area (Å²) in [6.45, 7) is 7.72. The van der Waals surface area contributed by atoms with E-state index in [4.69, 9.17) is 14.6 Å². The molecule has 0 aliphatic rings. The smallest absolute Gasteiger partial charge is 0.303 e. The molecule has 0 unspecified atom stereocenters. The van der Waals surface area contributed by atoms with Crippen LogP contribution >= 0.6 is 0 Å². The van der Waals surface area contributed by atoms with Gasteiger partial charge in [0, 0.05) is 18.0 Å². The van der Waals surface area contributed by atoms with E-state index in [0.717, 1.165) is 0 Å². The number of rotatable bonds is 10. The minimum absolute atomic E-state index is 0.0396. The normalized spacial score (nSPS) is 12.0. The summed E-state index contributed by atoms with van der Waals surface area (Å²) in [7, 11) is -3.82. The second-order valence-electron chi connectivity index (χ2n) is 5.86. The largest absolute Gasteiger partial charge is 0.490 e. The first-order valence-corrected chi connectivity index (χ1v) is 9.25. The molecule has 0 bridgehead atoms. The summed E-state index contributed by atoms with van der Waals surface area (Å²) in [6.07, 6.45) is 0.0555. The number of carbonyl (C=O) groups is 1. The van der Waals surface area contributed by atoms with Gasteiger partial charge in [-0.25, -0.2) is 13.1 Å². The van der Waals surface area contributed by atoms with Crippen LogP contribution in [0, 0.1) is 0 Å². The SMILES string of the molecule is CCOc1ccc(S(=O)(=O)NC(C)(C)CCC(=O)O)cc1OCC. The van der Waals surface area contributed by atoms with E-state index in [9.17, 15) is 13.2 Å². The molecule has 0 aromatic heterocycles. The first kappa shape index (κ1) is 20.2. The molecule has 0 heterocycles. The van der Waals surface area contributed by atoms with Gasteiger partial charge in [-0.2, -0.15) is 0 Å². The highest BCUT2D eigenvalue weighted by Crippen LogP contribution is 2.30. The highest BCUT2D eigenvalue weighted by atomic mass is 32.2. The van der Waals surface area contributed by atoms with Crippen molar-refractivity contribution in [3.63, 3.8) is 0 Å². The second-order valence-corrected chi connectivity index (χ2v) is 7.54. The van der Waals surface area contributed by atoms with Crippen molar-refractivity contribution in [3.8, 4) is 11.5 Å². The highest BCUT2D eigenvalue weighted by molar-refractivity contribution is 7.89. The van der Waals surface area contributed by atoms with Crippen molar-refractivity contribution in [1.29, 1.82) is 0 Å². The third kappa shape index (κ3) is 6.01. The van der Waals surface area contributed by atoms with Crippen LogP contribution in [0.25, 0.3) is 0 Å². The molecule has 0 atom stereocenters. The first-order chi connectivity index (χ1) is 11.1. The molecule has 24 heavy (non-hydrogen) atoms. The van der Waals surface area contributed by atoms with Gasteiger partial charge >= 0.3 is 5.97 Å². The Kier molecular flexibility index (Phi) is 7.04. The lowest BCUT2D eigenvalue weighted by Crippen LogP contribution is -2.43. The maximum Gasteiger partial charge on any atom is 0.303 e. The van der Waals surface area contributed by atoms with Crippen LogP contribution < -0.4 is 14.2 Å². The molecule has 1 aromatic rings. The summed E-state index contributed by atoms with van der Waals surface area (Å²) in [5.41, 5.74) is -0.887. The Morgan fingerprint density at radius 1 is 1.17 bits per heavy atom. The van der Waals surface area contributed by atoms with E-state index in [-0.39, 0.29) is 17.7 Å². The predicted molar refractivity (Wildman–Crippen MR) is 90.1 cm³/mol. The van der Waals surface area contributed by atoms with Crippen molar-refractivity contribution < 1.29 is 27.8 Å². The fourth-order valence-electron chi connectivity index (χ4n) is 2.09. The molecule has 0 aliphatic heterocycles. The molecule has 1 rings (SSSR count). The van der Waals surface area contributed by atoms with Crippen molar-refractivity contribution in [2.24, 2.45) is 0 Å². The maximum atomic E-state index is 12.6. The van der Waals surface area contributed by atoms with Gasteiger partial charge in [0.15, 0.2) is 11.5 Å². The zero-order chi connectivity index (χ0) is 18.4. The average molecular weight is 359 g/mol. The molecule has 0 aliphatic carbocycles. The molecule has 0 saturated carbocycles. The molecular formula is C16H25NO6S. The van der Waals surface area contributed by atoms with Crippen LogP contribution in [0.15, 0.2) is 23.1 Å². The Balaban J connectivity index is 3.05. The van der Waals surface area contributed by atoms with E-state index < -0.39 is 21.5 Å². The van der Waals surface area contributed by atoms with Crippen LogP contribution in [0.3, 0.4) is 0 Å². The number of nitrogens with one attached hydrogen (secondary N) is 1. The fraction of sp³-hybridized carbons (Fsp3) is 0.562. The molecule has 0 amide bonds. The number of sulfonamides is 1. The molecular weight excluding hydrogens is 334 g/mol. The maximum absolute atomic E-state index is 12.6. The van der Waals surface area contributed by atoms with E-state index in [1.54, 1.807) is 26.8 Å². The van der Waals surface area contributed by atoms with E-state index in [2.05, 4.69) is 4.72 Å². The van der Waals surface area contributed by atoms with Gasteiger partial charge in [0.05, 0.1) is 18.1 Å². The Morgan fingerprint density at radius 2 is 1.75 bits per heavy atom. The molecule has 0 radical (unpaired) electrons. The van der Waals surface area contributed by atoms with Gasteiger partial charge in [-0.15, -0.1) is 0 Å². The summed E-state index contributed by atoms with van der Waals surface area (Å²) in [4.78, 5) is 10.7. The lowest BCUT2D eigenvalue weighted by atomic mass is 10.0.